The van der Waals surface area contributed by atoms with E-state index in [0.717, 1.165) is 6.42 Å². The number of carbonyl (C=O) groups is 1. The summed E-state index contributed by atoms with van der Waals surface area (Å²) in [7, 11) is 0. The lowest BCUT2D eigenvalue weighted by Crippen LogP contribution is -2.18. The van der Waals surface area contributed by atoms with Crippen molar-refractivity contribution >= 4 is 21.9 Å². The van der Waals surface area contributed by atoms with Gasteiger partial charge in [-0.2, -0.15) is 0 Å². The lowest BCUT2D eigenvalue weighted by Gasteiger charge is -2.09. The van der Waals surface area contributed by atoms with E-state index in [9.17, 15) is 4.79 Å². The Bertz CT molecular complexity index is 363. The lowest BCUT2D eigenvalue weighted by atomic mass is 10.2. The van der Waals surface area contributed by atoms with Crippen molar-refractivity contribution in [3.63, 3.8) is 0 Å². The van der Waals surface area contributed by atoms with Crippen LogP contribution in [-0.2, 0) is 9.47 Å². The molecule has 0 amide bonds. The van der Waals surface area contributed by atoms with Gasteiger partial charge in [0.25, 0.3) is 0 Å². The van der Waals surface area contributed by atoms with Crippen LogP contribution >= 0.6 is 15.9 Å². The van der Waals surface area contributed by atoms with E-state index in [1.54, 1.807) is 18.3 Å². The molecule has 1 fully saturated rings. The van der Waals surface area contributed by atoms with Crippen LogP contribution in [0.5, 0.6) is 0 Å². The van der Waals surface area contributed by atoms with Gasteiger partial charge in [-0.1, -0.05) is 0 Å². The van der Waals surface area contributed by atoms with Gasteiger partial charge in [-0.15, -0.1) is 0 Å². The Morgan fingerprint density at radius 3 is 3.20 bits per heavy atom. The number of aromatic nitrogens is 1. The number of hydrogen-bond acceptors (Lipinski definition) is 4. The molecule has 15 heavy (non-hydrogen) atoms. The van der Waals surface area contributed by atoms with Crippen LogP contribution in [0.1, 0.15) is 16.8 Å². The van der Waals surface area contributed by atoms with Crippen molar-refractivity contribution in [2.45, 2.75) is 12.5 Å². The van der Waals surface area contributed by atoms with E-state index in [2.05, 4.69) is 20.9 Å². The number of carbonyl (C=O) groups excluding carboxylic acids is 1. The van der Waals surface area contributed by atoms with Crippen LogP contribution in [0, 0.1) is 0 Å². The van der Waals surface area contributed by atoms with Crippen molar-refractivity contribution in [2.75, 3.05) is 13.2 Å². The number of pyridine rings is 1. The maximum atomic E-state index is 11.6. The van der Waals surface area contributed by atoms with Crippen LogP contribution in [-0.4, -0.2) is 30.3 Å². The first-order valence-corrected chi connectivity index (χ1v) is 5.45. The maximum absolute atomic E-state index is 11.6. The summed E-state index contributed by atoms with van der Waals surface area (Å²) < 4.78 is 11.0. The van der Waals surface area contributed by atoms with Crippen LogP contribution in [0.3, 0.4) is 0 Å². The molecule has 0 radical (unpaired) electrons. The highest BCUT2D eigenvalue weighted by atomic mass is 79.9. The molecule has 1 aromatic heterocycles. The van der Waals surface area contributed by atoms with Gasteiger partial charge in [0.15, 0.2) is 0 Å². The second-order valence-corrected chi connectivity index (χ2v) is 4.07. The summed E-state index contributed by atoms with van der Waals surface area (Å²) in [5.41, 5.74) is 0.503. The van der Waals surface area contributed by atoms with Crippen molar-refractivity contribution in [3.05, 3.63) is 28.5 Å². The minimum atomic E-state index is -0.325. The fourth-order valence-electron chi connectivity index (χ4n) is 1.35. The quantitative estimate of drug-likeness (QED) is 0.608. The summed E-state index contributed by atoms with van der Waals surface area (Å²) in [5.74, 6) is -0.325. The maximum Gasteiger partial charge on any atom is 0.338 e. The van der Waals surface area contributed by atoms with Gasteiger partial charge < -0.3 is 9.47 Å². The van der Waals surface area contributed by atoms with Crippen molar-refractivity contribution < 1.29 is 14.3 Å². The summed E-state index contributed by atoms with van der Waals surface area (Å²) in [5, 5.41) is 0. The van der Waals surface area contributed by atoms with Crippen molar-refractivity contribution in [1.29, 1.82) is 0 Å². The molecule has 1 aromatic rings. The summed E-state index contributed by atoms with van der Waals surface area (Å²) in [6.07, 6.45) is 2.23. The van der Waals surface area contributed by atoms with Gasteiger partial charge in [-0.05, 0) is 28.1 Å². The summed E-state index contributed by atoms with van der Waals surface area (Å²) in [4.78, 5) is 15.6. The molecule has 0 aromatic carbocycles. The molecular weight excluding hydrogens is 262 g/mol. The number of ether oxygens (including phenoxy) is 2. The predicted molar refractivity (Wildman–Crippen MR) is 56.6 cm³/mol. The molecule has 5 heteroatoms. The Labute approximate surface area is 95.7 Å². The fraction of sp³-hybridized carbons (Fsp3) is 0.400. The molecule has 2 rings (SSSR count). The lowest BCUT2D eigenvalue weighted by molar-refractivity contribution is 0.0270. The first-order valence-electron chi connectivity index (χ1n) is 4.66. The Morgan fingerprint density at radius 2 is 2.53 bits per heavy atom. The standard InChI is InChI=1S/C10H10BrNO3/c11-9-5-7(1-3-12-9)10(13)15-8-2-4-14-6-8/h1,3,5,8H,2,4,6H2. The third kappa shape index (κ3) is 2.76. The number of hydrogen-bond donors (Lipinski definition) is 0. The number of esters is 1. The Balaban J connectivity index is 2.01. The number of nitrogens with zero attached hydrogens (tertiary/aromatic N) is 1. The van der Waals surface area contributed by atoms with E-state index in [0.29, 0.717) is 23.4 Å². The zero-order valence-electron chi connectivity index (χ0n) is 7.98. The van der Waals surface area contributed by atoms with E-state index in [4.69, 9.17) is 9.47 Å². The molecule has 0 bridgehead atoms. The SMILES string of the molecule is O=C(OC1CCOC1)c1ccnc(Br)c1. The molecule has 1 atom stereocenters. The smallest absolute Gasteiger partial charge is 0.338 e. The van der Waals surface area contributed by atoms with E-state index in [-0.39, 0.29) is 12.1 Å². The van der Waals surface area contributed by atoms with E-state index in [1.807, 2.05) is 0 Å². The summed E-state index contributed by atoms with van der Waals surface area (Å²) >= 11 is 3.20. The van der Waals surface area contributed by atoms with Crippen molar-refractivity contribution in [3.8, 4) is 0 Å². The molecule has 2 heterocycles. The minimum absolute atomic E-state index is 0.107. The predicted octanol–water partition coefficient (Wildman–Crippen LogP) is 1.79. The van der Waals surface area contributed by atoms with Crippen LogP contribution in [0.4, 0.5) is 0 Å². The third-order valence-corrected chi connectivity index (χ3v) is 2.56. The average Bonchev–Trinajstić information content (AvgIpc) is 2.70. The van der Waals surface area contributed by atoms with Gasteiger partial charge in [0.1, 0.15) is 10.7 Å². The zero-order chi connectivity index (χ0) is 10.7. The Morgan fingerprint density at radius 1 is 1.67 bits per heavy atom. The largest absolute Gasteiger partial charge is 0.456 e. The average molecular weight is 272 g/mol. The molecule has 0 saturated carbocycles. The second kappa shape index (κ2) is 4.72. The molecule has 1 aliphatic heterocycles. The van der Waals surface area contributed by atoms with E-state index < -0.39 is 0 Å². The van der Waals surface area contributed by atoms with Crippen LogP contribution in [0.2, 0.25) is 0 Å². The highest BCUT2D eigenvalue weighted by Crippen LogP contribution is 2.13. The summed E-state index contributed by atoms with van der Waals surface area (Å²) in [6.45, 7) is 1.16. The first kappa shape index (κ1) is 10.6. The minimum Gasteiger partial charge on any atom is -0.456 e. The van der Waals surface area contributed by atoms with Gasteiger partial charge in [-0.3, -0.25) is 0 Å². The molecular formula is C10H10BrNO3. The topological polar surface area (TPSA) is 48.4 Å². The molecule has 1 aliphatic rings. The van der Waals surface area contributed by atoms with Gasteiger partial charge in [0.05, 0.1) is 18.8 Å². The molecule has 0 aliphatic carbocycles. The fourth-order valence-corrected chi connectivity index (χ4v) is 1.72. The van der Waals surface area contributed by atoms with E-state index >= 15 is 0 Å². The zero-order valence-corrected chi connectivity index (χ0v) is 9.57. The van der Waals surface area contributed by atoms with Gasteiger partial charge in [0.2, 0.25) is 0 Å². The van der Waals surface area contributed by atoms with Crippen LogP contribution < -0.4 is 0 Å². The van der Waals surface area contributed by atoms with Gasteiger partial charge in [-0.25, -0.2) is 9.78 Å². The molecule has 0 N–H and O–H groups in total. The first-order chi connectivity index (χ1) is 7.25. The van der Waals surface area contributed by atoms with Crippen molar-refractivity contribution in [2.24, 2.45) is 0 Å². The molecule has 80 valence electrons. The third-order valence-electron chi connectivity index (χ3n) is 2.12. The van der Waals surface area contributed by atoms with Crippen molar-refractivity contribution in [1.82, 2.24) is 4.98 Å². The molecule has 1 saturated heterocycles. The molecule has 4 nitrogen and oxygen atoms in total. The Hall–Kier alpha value is -0.940. The summed E-state index contributed by atoms with van der Waals surface area (Å²) in [6, 6.07) is 3.26. The monoisotopic (exact) mass is 271 g/mol. The normalized spacial score (nSPS) is 20.2. The highest BCUT2D eigenvalue weighted by molar-refractivity contribution is 9.10. The van der Waals surface area contributed by atoms with Gasteiger partial charge >= 0.3 is 5.97 Å². The molecule has 1 unspecified atom stereocenters. The molecule has 0 spiro atoms. The number of rotatable bonds is 2. The van der Waals surface area contributed by atoms with Crippen LogP contribution in [0.25, 0.3) is 0 Å². The van der Waals surface area contributed by atoms with E-state index in [1.165, 1.54) is 0 Å². The Kier molecular flexibility index (Phi) is 3.33. The highest BCUT2D eigenvalue weighted by Gasteiger charge is 2.20. The van der Waals surface area contributed by atoms with Gasteiger partial charge in [0, 0.05) is 12.6 Å². The second-order valence-electron chi connectivity index (χ2n) is 3.26. The number of halogens is 1. The van der Waals surface area contributed by atoms with Crippen LogP contribution in [0.15, 0.2) is 22.9 Å².